The SMILES string of the molecule is CS/C(=C/C=O)c1ccc(F)cc1. The first-order valence-corrected chi connectivity index (χ1v) is 4.96. The van der Waals surface area contributed by atoms with E-state index in [-0.39, 0.29) is 5.82 Å². The summed E-state index contributed by atoms with van der Waals surface area (Å²) in [5.41, 5.74) is 0.862. The van der Waals surface area contributed by atoms with Crippen LogP contribution in [0.3, 0.4) is 0 Å². The van der Waals surface area contributed by atoms with E-state index in [1.807, 2.05) is 6.26 Å². The fraction of sp³-hybridized carbons (Fsp3) is 0.100. The van der Waals surface area contributed by atoms with Gasteiger partial charge in [-0.25, -0.2) is 4.39 Å². The molecule has 1 rings (SSSR count). The van der Waals surface area contributed by atoms with Crippen LogP contribution in [0.15, 0.2) is 30.3 Å². The molecule has 0 spiro atoms. The normalized spacial score (nSPS) is 11.4. The van der Waals surface area contributed by atoms with Crippen molar-refractivity contribution in [2.45, 2.75) is 0 Å². The number of hydrogen-bond acceptors (Lipinski definition) is 2. The Morgan fingerprint density at radius 2 is 2.00 bits per heavy atom. The molecule has 0 aliphatic rings. The van der Waals surface area contributed by atoms with Crippen LogP contribution in [-0.2, 0) is 4.79 Å². The van der Waals surface area contributed by atoms with Gasteiger partial charge in [0.05, 0.1) is 0 Å². The summed E-state index contributed by atoms with van der Waals surface area (Å²) in [6, 6.07) is 6.07. The van der Waals surface area contributed by atoms with E-state index < -0.39 is 0 Å². The summed E-state index contributed by atoms with van der Waals surface area (Å²) in [6.45, 7) is 0. The Hall–Kier alpha value is -1.09. The third-order valence-electron chi connectivity index (χ3n) is 1.57. The highest BCUT2D eigenvalue weighted by atomic mass is 32.2. The Bertz CT molecular complexity index is 316. The van der Waals surface area contributed by atoms with Crippen molar-refractivity contribution in [2.75, 3.05) is 6.26 Å². The van der Waals surface area contributed by atoms with E-state index in [1.54, 1.807) is 12.1 Å². The van der Waals surface area contributed by atoms with Crippen molar-refractivity contribution < 1.29 is 9.18 Å². The highest BCUT2D eigenvalue weighted by molar-refractivity contribution is 8.07. The van der Waals surface area contributed by atoms with Gasteiger partial charge in [0.25, 0.3) is 0 Å². The summed E-state index contributed by atoms with van der Waals surface area (Å²) in [5.74, 6) is -0.268. The van der Waals surface area contributed by atoms with E-state index >= 15 is 0 Å². The van der Waals surface area contributed by atoms with Crippen LogP contribution in [-0.4, -0.2) is 12.5 Å². The van der Waals surface area contributed by atoms with Gasteiger partial charge in [0, 0.05) is 4.91 Å². The fourth-order valence-corrected chi connectivity index (χ4v) is 1.52. The van der Waals surface area contributed by atoms with E-state index in [4.69, 9.17) is 0 Å². The van der Waals surface area contributed by atoms with Crippen molar-refractivity contribution in [2.24, 2.45) is 0 Å². The number of thioether (sulfide) groups is 1. The molecule has 0 fully saturated rings. The van der Waals surface area contributed by atoms with E-state index in [1.165, 1.54) is 30.0 Å². The highest BCUT2D eigenvalue weighted by Crippen LogP contribution is 2.24. The molecule has 13 heavy (non-hydrogen) atoms. The fourth-order valence-electron chi connectivity index (χ4n) is 0.958. The lowest BCUT2D eigenvalue weighted by Gasteiger charge is -2.01. The highest BCUT2D eigenvalue weighted by Gasteiger charge is 1.98. The summed E-state index contributed by atoms with van der Waals surface area (Å²) in [6.07, 6.45) is 4.08. The van der Waals surface area contributed by atoms with Gasteiger partial charge in [-0.2, -0.15) is 0 Å². The minimum Gasteiger partial charge on any atom is -0.299 e. The predicted octanol–water partition coefficient (Wildman–Crippen LogP) is 2.73. The maximum absolute atomic E-state index is 12.5. The van der Waals surface area contributed by atoms with Crippen LogP contribution < -0.4 is 0 Å². The van der Waals surface area contributed by atoms with Gasteiger partial charge in [-0.15, -0.1) is 11.8 Å². The number of halogens is 1. The quantitative estimate of drug-likeness (QED) is 0.546. The van der Waals surface area contributed by atoms with E-state index in [0.717, 1.165) is 16.8 Å². The molecule has 0 saturated heterocycles. The van der Waals surface area contributed by atoms with E-state index in [0.29, 0.717) is 0 Å². The van der Waals surface area contributed by atoms with Crippen LogP contribution in [0, 0.1) is 5.82 Å². The average molecular weight is 196 g/mol. The van der Waals surface area contributed by atoms with Gasteiger partial charge in [-0.05, 0) is 30.0 Å². The minimum atomic E-state index is -0.268. The number of allylic oxidation sites excluding steroid dienone is 1. The monoisotopic (exact) mass is 196 g/mol. The number of benzene rings is 1. The summed E-state index contributed by atoms with van der Waals surface area (Å²) in [4.78, 5) is 11.1. The van der Waals surface area contributed by atoms with Gasteiger partial charge in [-0.1, -0.05) is 12.1 Å². The summed E-state index contributed by atoms with van der Waals surface area (Å²) >= 11 is 1.46. The molecule has 0 radical (unpaired) electrons. The molecule has 3 heteroatoms. The molecule has 1 nitrogen and oxygen atoms in total. The lowest BCUT2D eigenvalue weighted by Crippen LogP contribution is -1.81. The third kappa shape index (κ3) is 2.70. The third-order valence-corrected chi connectivity index (χ3v) is 2.38. The van der Waals surface area contributed by atoms with Crippen molar-refractivity contribution in [1.82, 2.24) is 0 Å². The molecule has 0 N–H and O–H groups in total. The zero-order chi connectivity index (χ0) is 9.68. The summed E-state index contributed by atoms with van der Waals surface area (Å²) in [7, 11) is 0. The molecule has 0 aromatic heterocycles. The van der Waals surface area contributed by atoms with Crippen LogP contribution in [0.25, 0.3) is 4.91 Å². The Morgan fingerprint density at radius 1 is 1.38 bits per heavy atom. The first-order valence-electron chi connectivity index (χ1n) is 3.73. The maximum Gasteiger partial charge on any atom is 0.143 e. The predicted molar refractivity (Wildman–Crippen MR) is 54.0 cm³/mol. The summed E-state index contributed by atoms with van der Waals surface area (Å²) in [5, 5.41) is 0. The maximum atomic E-state index is 12.5. The summed E-state index contributed by atoms with van der Waals surface area (Å²) < 4.78 is 12.5. The standard InChI is InChI=1S/C10H9FOS/c1-13-10(6-7-12)8-2-4-9(11)5-3-8/h2-7H,1H3/b10-6+. The largest absolute Gasteiger partial charge is 0.299 e. The zero-order valence-electron chi connectivity index (χ0n) is 7.16. The topological polar surface area (TPSA) is 17.1 Å². The van der Waals surface area contributed by atoms with Crippen LogP contribution in [0.4, 0.5) is 4.39 Å². The molecule has 1 aromatic rings. The van der Waals surface area contributed by atoms with Crippen molar-refractivity contribution >= 4 is 23.0 Å². The molecule has 0 unspecified atom stereocenters. The number of rotatable bonds is 3. The minimum absolute atomic E-state index is 0.268. The van der Waals surface area contributed by atoms with Crippen molar-refractivity contribution in [3.63, 3.8) is 0 Å². The van der Waals surface area contributed by atoms with Gasteiger partial charge < -0.3 is 0 Å². The van der Waals surface area contributed by atoms with Crippen molar-refractivity contribution in [3.8, 4) is 0 Å². The van der Waals surface area contributed by atoms with Gasteiger partial charge in [-0.3, -0.25) is 4.79 Å². The first kappa shape index (κ1) is 9.99. The molecular weight excluding hydrogens is 187 g/mol. The molecule has 68 valence electrons. The van der Waals surface area contributed by atoms with Crippen LogP contribution >= 0.6 is 11.8 Å². The molecular formula is C10H9FOS. The molecule has 0 bridgehead atoms. The Balaban J connectivity index is 2.99. The second-order valence-electron chi connectivity index (χ2n) is 2.38. The van der Waals surface area contributed by atoms with E-state index in [9.17, 15) is 9.18 Å². The van der Waals surface area contributed by atoms with Gasteiger partial charge in [0.15, 0.2) is 0 Å². The van der Waals surface area contributed by atoms with E-state index in [2.05, 4.69) is 0 Å². The molecule has 0 aliphatic carbocycles. The van der Waals surface area contributed by atoms with Gasteiger partial charge in [0.1, 0.15) is 12.1 Å². The molecule has 0 heterocycles. The Kier molecular flexibility index (Phi) is 3.71. The molecule has 0 atom stereocenters. The molecule has 0 aliphatic heterocycles. The lowest BCUT2D eigenvalue weighted by molar-refractivity contribution is -0.104. The Labute approximate surface area is 80.7 Å². The van der Waals surface area contributed by atoms with Gasteiger partial charge >= 0.3 is 0 Å². The van der Waals surface area contributed by atoms with Crippen molar-refractivity contribution in [3.05, 3.63) is 41.7 Å². The van der Waals surface area contributed by atoms with Crippen molar-refractivity contribution in [1.29, 1.82) is 0 Å². The molecule has 0 amide bonds. The smallest absolute Gasteiger partial charge is 0.143 e. The number of carbonyl (C=O) groups is 1. The van der Waals surface area contributed by atoms with Crippen LogP contribution in [0.2, 0.25) is 0 Å². The second kappa shape index (κ2) is 4.82. The lowest BCUT2D eigenvalue weighted by atomic mass is 10.2. The second-order valence-corrected chi connectivity index (χ2v) is 3.23. The number of carbonyl (C=O) groups excluding carboxylic acids is 1. The molecule has 0 saturated carbocycles. The van der Waals surface area contributed by atoms with Gasteiger partial charge in [0.2, 0.25) is 0 Å². The number of aldehydes is 1. The number of hydrogen-bond donors (Lipinski definition) is 0. The van der Waals surface area contributed by atoms with Crippen LogP contribution in [0.1, 0.15) is 5.56 Å². The molecule has 1 aromatic carbocycles. The Morgan fingerprint density at radius 3 is 2.46 bits per heavy atom. The zero-order valence-corrected chi connectivity index (χ0v) is 7.98. The van der Waals surface area contributed by atoms with Crippen LogP contribution in [0.5, 0.6) is 0 Å². The average Bonchev–Trinajstić information content (AvgIpc) is 2.16. The first-order chi connectivity index (χ1) is 6.27.